The summed E-state index contributed by atoms with van der Waals surface area (Å²) in [6.07, 6.45) is 0. The van der Waals surface area contributed by atoms with Crippen LogP contribution in [0.15, 0.2) is 224 Å². The summed E-state index contributed by atoms with van der Waals surface area (Å²) in [6, 6.07) is 84.5. The molecule has 13 rings (SSSR count). The second-order valence-electron chi connectivity index (χ2n) is 19.6. The average Bonchev–Trinajstić information content (AvgIpc) is 3.88. The van der Waals surface area contributed by atoms with Crippen LogP contribution >= 0.6 is 0 Å². The van der Waals surface area contributed by atoms with E-state index < -0.39 is 5.41 Å². The Labute approximate surface area is 388 Å². The van der Waals surface area contributed by atoms with Crippen molar-refractivity contribution < 1.29 is 0 Å². The van der Waals surface area contributed by atoms with Gasteiger partial charge in [-0.05, 0) is 142 Å². The van der Waals surface area contributed by atoms with Gasteiger partial charge in [-0.15, -0.1) is 0 Å². The van der Waals surface area contributed by atoms with Crippen LogP contribution in [0, 0.1) is 0 Å². The molecule has 10 aromatic carbocycles. The largest absolute Gasteiger partial charge is 0.310 e. The molecule has 0 radical (unpaired) electrons. The van der Waals surface area contributed by atoms with Crippen LogP contribution in [0.2, 0.25) is 0 Å². The molecule has 0 fully saturated rings. The highest BCUT2D eigenvalue weighted by atomic mass is 15.1. The minimum atomic E-state index is -0.513. The second-order valence-corrected chi connectivity index (χ2v) is 19.6. The van der Waals surface area contributed by atoms with E-state index in [4.69, 9.17) is 0 Å². The molecule has 0 aromatic heterocycles. The quantitative estimate of drug-likeness (QED) is 0.161. The van der Waals surface area contributed by atoms with Gasteiger partial charge in [-0.25, -0.2) is 0 Å². The summed E-state index contributed by atoms with van der Waals surface area (Å²) >= 11 is 0. The first-order chi connectivity index (χ1) is 32.2. The van der Waals surface area contributed by atoms with Gasteiger partial charge >= 0.3 is 0 Å². The fourth-order valence-electron chi connectivity index (χ4n) is 12.4. The van der Waals surface area contributed by atoms with Gasteiger partial charge < -0.3 is 4.90 Å². The smallest absolute Gasteiger partial charge is 0.0714 e. The minimum Gasteiger partial charge on any atom is -0.310 e. The monoisotopic (exact) mass is 843 g/mol. The number of hydrogen-bond donors (Lipinski definition) is 0. The zero-order valence-electron chi connectivity index (χ0n) is 37.8. The van der Waals surface area contributed by atoms with Crippen molar-refractivity contribution in [3.8, 4) is 44.5 Å². The Morgan fingerprint density at radius 3 is 1.32 bits per heavy atom. The Kier molecular flexibility index (Phi) is 8.28. The Bertz CT molecular complexity index is 3550. The predicted molar refractivity (Wildman–Crippen MR) is 276 cm³/mol. The van der Waals surface area contributed by atoms with Gasteiger partial charge in [-0.1, -0.05) is 210 Å². The fourth-order valence-corrected chi connectivity index (χ4v) is 12.4. The molecule has 1 nitrogen and oxygen atoms in total. The van der Waals surface area contributed by atoms with Crippen molar-refractivity contribution in [2.45, 2.75) is 43.9 Å². The van der Waals surface area contributed by atoms with Crippen LogP contribution in [0.3, 0.4) is 0 Å². The van der Waals surface area contributed by atoms with Crippen LogP contribution in [0.1, 0.15) is 72.2 Å². The molecular weight excluding hydrogens is 795 g/mol. The van der Waals surface area contributed by atoms with Crippen molar-refractivity contribution >= 4 is 27.8 Å². The first kappa shape index (κ1) is 38.7. The Balaban J connectivity index is 1.02. The van der Waals surface area contributed by atoms with Crippen LogP contribution in [0.5, 0.6) is 0 Å². The maximum absolute atomic E-state index is 2.53. The maximum Gasteiger partial charge on any atom is 0.0714 e. The number of benzene rings is 10. The molecule has 0 saturated carbocycles. The maximum atomic E-state index is 2.53. The molecule has 0 spiro atoms. The third kappa shape index (κ3) is 5.35. The van der Waals surface area contributed by atoms with Gasteiger partial charge in [0.15, 0.2) is 0 Å². The molecule has 3 aliphatic rings. The fraction of sp³-hybridized carbons (Fsp3) is 0.108. The van der Waals surface area contributed by atoms with Gasteiger partial charge in [0.1, 0.15) is 0 Å². The van der Waals surface area contributed by atoms with E-state index in [0.29, 0.717) is 0 Å². The molecule has 1 heteroatoms. The average molecular weight is 844 g/mol. The van der Waals surface area contributed by atoms with Crippen molar-refractivity contribution in [1.82, 2.24) is 0 Å². The van der Waals surface area contributed by atoms with Crippen LogP contribution < -0.4 is 4.90 Å². The molecule has 0 heterocycles. The van der Waals surface area contributed by atoms with Gasteiger partial charge in [-0.3, -0.25) is 0 Å². The van der Waals surface area contributed by atoms with Crippen molar-refractivity contribution in [3.63, 3.8) is 0 Å². The molecule has 0 amide bonds. The zero-order valence-corrected chi connectivity index (χ0v) is 37.8. The molecule has 0 saturated heterocycles. The van der Waals surface area contributed by atoms with Gasteiger partial charge in [0.2, 0.25) is 0 Å². The Hall–Kier alpha value is -7.74. The summed E-state index contributed by atoms with van der Waals surface area (Å²) in [4.78, 5) is 2.53. The minimum absolute atomic E-state index is 0.147. The molecule has 10 aromatic rings. The highest BCUT2D eigenvalue weighted by Crippen LogP contribution is 2.59. The topological polar surface area (TPSA) is 3.24 Å². The molecule has 314 valence electrons. The standard InChI is InChI=1S/C65H49N/c1-63(2)57-28-15-13-25-51(57)54-35-31-46(39-60(54)63)66(47-32-36-55-53-34-30-43(38-59(53)64(3,4)61(55)40-47)50-27-17-19-42-18-11-12-24-49(42)50)48-33-37-56-52-26-14-16-29-58(52)65(62(56)41-48,44-20-7-5-8-21-44)45-22-9-6-10-23-45/h5-41H,1-4H3. The normalized spacial score (nSPS) is 15.0. The molecule has 0 N–H and O–H groups in total. The first-order valence-corrected chi connectivity index (χ1v) is 23.4. The summed E-state index contributed by atoms with van der Waals surface area (Å²) < 4.78 is 0. The van der Waals surface area contributed by atoms with Crippen LogP contribution in [-0.4, -0.2) is 0 Å². The lowest BCUT2D eigenvalue weighted by Gasteiger charge is -2.35. The molecule has 0 bridgehead atoms. The van der Waals surface area contributed by atoms with Crippen LogP contribution in [0.25, 0.3) is 55.3 Å². The molecule has 66 heavy (non-hydrogen) atoms. The number of anilines is 3. The zero-order chi connectivity index (χ0) is 44.4. The number of hydrogen-bond acceptors (Lipinski definition) is 1. The lowest BCUT2D eigenvalue weighted by Crippen LogP contribution is -2.28. The van der Waals surface area contributed by atoms with Crippen molar-refractivity contribution in [2.75, 3.05) is 4.90 Å². The van der Waals surface area contributed by atoms with Crippen molar-refractivity contribution in [1.29, 1.82) is 0 Å². The SMILES string of the molecule is CC1(C)c2ccccc2-c2ccc(N(c3ccc4c(c3)C(C)(C)c3cc(-c5cccc6ccccc56)ccc3-4)c3ccc4c(c3)C(c3ccccc3)(c3ccccc3)c3ccccc3-4)cc21. The third-order valence-electron chi connectivity index (χ3n) is 15.5. The molecule has 0 atom stereocenters. The third-order valence-corrected chi connectivity index (χ3v) is 15.5. The highest BCUT2D eigenvalue weighted by molar-refractivity contribution is 5.98. The molecule has 0 unspecified atom stereocenters. The summed E-state index contributed by atoms with van der Waals surface area (Å²) in [5.74, 6) is 0. The second kappa shape index (κ2) is 14.1. The van der Waals surface area contributed by atoms with Gasteiger partial charge in [0.25, 0.3) is 0 Å². The van der Waals surface area contributed by atoms with E-state index in [9.17, 15) is 0 Å². The van der Waals surface area contributed by atoms with Gasteiger partial charge in [0.05, 0.1) is 5.41 Å². The number of nitrogens with zero attached hydrogens (tertiary/aromatic N) is 1. The molecule has 0 aliphatic heterocycles. The van der Waals surface area contributed by atoms with Crippen LogP contribution in [0.4, 0.5) is 17.1 Å². The van der Waals surface area contributed by atoms with Crippen molar-refractivity contribution in [3.05, 3.63) is 269 Å². The lowest BCUT2D eigenvalue weighted by molar-refractivity contribution is 0.660. The van der Waals surface area contributed by atoms with Gasteiger partial charge in [-0.2, -0.15) is 0 Å². The Morgan fingerprint density at radius 2 is 0.697 bits per heavy atom. The Morgan fingerprint density at radius 1 is 0.288 bits per heavy atom. The summed E-state index contributed by atoms with van der Waals surface area (Å²) in [5, 5.41) is 2.55. The van der Waals surface area contributed by atoms with E-state index in [1.165, 1.54) is 99.8 Å². The number of fused-ring (bicyclic) bond motifs is 10. The molecular formula is C65H49N. The van der Waals surface area contributed by atoms with Crippen LogP contribution in [-0.2, 0) is 16.2 Å². The number of rotatable bonds is 6. The summed E-state index contributed by atoms with van der Waals surface area (Å²) in [7, 11) is 0. The van der Waals surface area contributed by atoms with Crippen molar-refractivity contribution in [2.24, 2.45) is 0 Å². The van der Waals surface area contributed by atoms with Gasteiger partial charge in [0, 0.05) is 27.9 Å². The van der Waals surface area contributed by atoms with E-state index in [0.717, 1.165) is 17.1 Å². The summed E-state index contributed by atoms with van der Waals surface area (Å²) in [5.41, 5.74) is 23.5. The lowest BCUT2D eigenvalue weighted by atomic mass is 9.67. The molecule has 3 aliphatic carbocycles. The van der Waals surface area contributed by atoms with E-state index >= 15 is 0 Å². The van der Waals surface area contributed by atoms with E-state index in [1.807, 2.05) is 0 Å². The highest BCUT2D eigenvalue weighted by Gasteiger charge is 2.46. The predicted octanol–water partition coefficient (Wildman–Crippen LogP) is 17.0. The van der Waals surface area contributed by atoms with E-state index in [2.05, 4.69) is 257 Å². The van der Waals surface area contributed by atoms with E-state index in [-0.39, 0.29) is 10.8 Å². The summed E-state index contributed by atoms with van der Waals surface area (Å²) in [6.45, 7) is 9.59. The first-order valence-electron chi connectivity index (χ1n) is 23.4. The van der Waals surface area contributed by atoms with E-state index in [1.54, 1.807) is 0 Å².